The first-order valence-electron chi connectivity index (χ1n) is 14.7. The summed E-state index contributed by atoms with van der Waals surface area (Å²) in [7, 11) is 2.16. The summed E-state index contributed by atoms with van der Waals surface area (Å²) < 4.78 is 5.80. The van der Waals surface area contributed by atoms with Crippen LogP contribution in [0.4, 0.5) is 11.4 Å². The van der Waals surface area contributed by atoms with E-state index in [1.54, 1.807) is 6.20 Å². The maximum atomic E-state index is 13.1. The van der Waals surface area contributed by atoms with Crippen LogP contribution in [-0.2, 0) is 9.53 Å². The van der Waals surface area contributed by atoms with Gasteiger partial charge in [-0.25, -0.2) is 9.78 Å². The number of likely N-dealkylation sites (N-methyl/N-ethyl adjacent to an activating group) is 1. The second-order valence-electron chi connectivity index (χ2n) is 11.4. The number of nitrogens with one attached hydrogen (secondary N) is 2. The lowest BCUT2D eigenvalue weighted by Crippen LogP contribution is -2.44. The summed E-state index contributed by atoms with van der Waals surface area (Å²) in [5.74, 6) is -0.614. The van der Waals surface area contributed by atoms with Crippen LogP contribution in [-0.4, -0.2) is 66.1 Å². The number of carbonyl (C=O) groups is 2. The number of H-pyrrole nitrogens is 1. The molecule has 1 saturated heterocycles. The van der Waals surface area contributed by atoms with Crippen LogP contribution in [0, 0.1) is 6.92 Å². The average Bonchev–Trinajstić information content (AvgIpc) is 3.66. The number of amides is 1. The molecule has 2 aliphatic rings. The number of benzene rings is 2. The Bertz CT molecular complexity index is 1630. The Balaban J connectivity index is 1.43. The standard InChI is InChI=1S/C34H37N5O3/c1-4-30(40)36-29-20-24(10-9-22(29)2)31-28-19-25(34(41)42-27-7-5-6-8-27)21-35-33(28)37-32(31)23-11-13-26(14-12-23)39-17-15-38(3)16-18-39/h4,9-14,19-21,27H,1,5-8,15-18H2,2-3H3,(H,35,37)(H,36,40). The molecule has 2 fully saturated rings. The monoisotopic (exact) mass is 563 g/mol. The molecular weight excluding hydrogens is 526 g/mol. The molecule has 0 radical (unpaired) electrons. The number of ether oxygens (including phenoxy) is 1. The molecule has 2 N–H and O–H groups in total. The van der Waals surface area contributed by atoms with Crippen molar-refractivity contribution in [3.05, 3.63) is 78.5 Å². The molecule has 0 unspecified atom stereocenters. The predicted octanol–water partition coefficient (Wildman–Crippen LogP) is 6.18. The number of carbonyl (C=O) groups excluding carboxylic acids is 2. The van der Waals surface area contributed by atoms with Crippen molar-refractivity contribution >= 4 is 34.3 Å². The number of hydrogen-bond acceptors (Lipinski definition) is 6. The number of rotatable bonds is 7. The first kappa shape index (κ1) is 27.7. The molecule has 1 aliphatic carbocycles. The van der Waals surface area contributed by atoms with E-state index in [2.05, 4.69) is 63.0 Å². The SMILES string of the molecule is C=CC(=O)Nc1cc(-c2c(-c3ccc(N4CCN(C)CC4)cc3)[nH]c3ncc(C(=O)OC4CCCC4)cc23)ccc1C. The minimum atomic E-state index is -0.343. The Morgan fingerprint density at radius 1 is 1.02 bits per heavy atom. The molecule has 216 valence electrons. The predicted molar refractivity (Wildman–Crippen MR) is 168 cm³/mol. The third-order valence-electron chi connectivity index (χ3n) is 8.46. The second-order valence-corrected chi connectivity index (χ2v) is 11.4. The van der Waals surface area contributed by atoms with Crippen molar-refractivity contribution in [2.24, 2.45) is 0 Å². The van der Waals surface area contributed by atoms with Crippen LogP contribution in [0.25, 0.3) is 33.4 Å². The van der Waals surface area contributed by atoms with Gasteiger partial charge in [-0.2, -0.15) is 0 Å². The van der Waals surface area contributed by atoms with E-state index in [1.165, 1.54) is 11.8 Å². The average molecular weight is 564 g/mol. The quantitative estimate of drug-likeness (QED) is 0.206. The highest BCUT2D eigenvalue weighted by Gasteiger charge is 2.23. The van der Waals surface area contributed by atoms with E-state index in [4.69, 9.17) is 4.74 Å². The number of fused-ring (bicyclic) bond motifs is 1. The van der Waals surface area contributed by atoms with Crippen molar-refractivity contribution in [2.75, 3.05) is 43.4 Å². The Kier molecular flexibility index (Phi) is 7.80. The number of aryl methyl sites for hydroxylation is 1. The minimum absolute atomic E-state index is 0.0265. The summed E-state index contributed by atoms with van der Waals surface area (Å²) in [5.41, 5.74) is 7.66. The van der Waals surface area contributed by atoms with Crippen molar-refractivity contribution in [2.45, 2.75) is 38.7 Å². The number of hydrogen-bond donors (Lipinski definition) is 2. The summed E-state index contributed by atoms with van der Waals surface area (Å²) >= 11 is 0. The van der Waals surface area contributed by atoms with E-state index in [1.807, 2.05) is 31.2 Å². The summed E-state index contributed by atoms with van der Waals surface area (Å²) in [6.07, 6.45) is 6.82. The minimum Gasteiger partial charge on any atom is -0.459 e. The number of anilines is 2. The molecule has 0 atom stereocenters. The Hall–Kier alpha value is -4.43. The molecule has 8 heteroatoms. The van der Waals surface area contributed by atoms with Gasteiger partial charge in [-0.3, -0.25) is 4.79 Å². The van der Waals surface area contributed by atoms with E-state index in [-0.39, 0.29) is 18.0 Å². The van der Waals surface area contributed by atoms with Gasteiger partial charge in [0.15, 0.2) is 0 Å². The highest BCUT2D eigenvalue weighted by molar-refractivity contribution is 6.06. The van der Waals surface area contributed by atoms with Gasteiger partial charge in [-0.15, -0.1) is 0 Å². The van der Waals surface area contributed by atoms with Crippen molar-refractivity contribution in [1.82, 2.24) is 14.9 Å². The normalized spacial score (nSPS) is 16.1. The lowest BCUT2D eigenvalue weighted by atomic mass is 9.96. The number of aromatic amines is 1. The van der Waals surface area contributed by atoms with Crippen molar-refractivity contribution in [1.29, 1.82) is 0 Å². The highest BCUT2D eigenvalue weighted by atomic mass is 16.5. The Morgan fingerprint density at radius 2 is 1.74 bits per heavy atom. The third-order valence-corrected chi connectivity index (χ3v) is 8.46. The van der Waals surface area contributed by atoms with Crippen molar-refractivity contribution in [3.8, 4) is 22.4 Å². The zero-order valence-corrected chi connectivity index (χ0v) is 24.3. The molecule has 0 bridgehead atoms. The van der Waals surface area contributed by atoms with Gasteiger partial charge < -0.3 is 24.8 Å². The van der Waals surface area contributed by atoms with Crippen LogP contribution in [0.1, 0.15) is 41.6 Å². The fourth-order valence-corrected chi connectivity index (χ4v) is 5.92. The van der Waals surface area contributed by atoms with Gasteiger partial charge in [0.25, 0.3) is 0 Å². The number of esters is 1. The molecule has 4 aromatic rings. The lowest BCUT2D eigenvalue weighted by Gasteiger charge is -2.34. The maximum Gasteiger partial charge on any atom is 0.339 e. The molecule has 3 heterocycles. The van der Waals surface area contributed by atoms with Crippen LogP contribution >= 0.6 is 0 Å². The van der Waals surface area contributed by atoms with E-state index >= 15 is 0 Å². The van der Waals surface area contributed by atoms with E-state index in [9.17, 15) is 9.59 Å². The first-order valence-corrected chi connectivity index (χ1v) is 14.7. The molecule has 0 spiro atoms. The number of nitrogens with zero attached hydrogens (tertiary/aromatic N) is 3. The summed E-state index contributed by atoms with van der Waals surface area (Å²) in [5, 5.41) is 3.74. The molecule has 1 saturated carbocycles. The van der Waals surface area contributed by atoms with Crippen molar-refractivity contribution in [3.63, 3.8) is 0 Å². The molecule has 1 aliphatic heterocycles. The van der Waals surface area contributed by atoms with E-state index in [0.717, 1.165) is 85.2 Å². The molecular formula is C34H37N5O3. The van der Waals surface area contributed by atoms with Gasteiger partial charge in [-0.05, 0) is 86.7 Å². The summed E-state index contributed by atoms with van der Waals surface area (Å²) in [4.78, 5) is 38.2. The van der Waals surface area contributed by atoms with E-state index < -0.39 is 0 Å². The van der Waals surface area contributed by atoms with Gasteiger partial charge in [0.1, 0.15) is 11.8 Å². The van der Waals surface area contributed by atoms with Crippen LogP contribution in [0.3, 0.4) is 0 Å². The molecule has 2 aromatic heterocycles. The summed E-state index contributed by atoms with van der Waals surface area (Å²) in [6.45, 7) is 9.63. The first-order chi connectivity index (χ1) is 20.4. The zero-order valence-electron chi connectivity index (χ0n) is 24.3. The molecule has 1 amide bonds. The summed E-state index contributed by atoms with van der Waals surface area (Å²) in [6, 6.07) is 16.4. The highest BCUT2D eigenvalue weighted by Crippen LogP contribution is 2.40. The molecule has 42 heavy (non-hydrogen) atoms. The largest absolute Gasteiger partial charge is 0.459 e. The molecule has 6 rings (SSSR count). The fraction of sp³-hybridized carbons (Fsp3) is 0.324. The smallest absolute Gasteiger partial charge is 0.339 e. The number of pyridine rings is 1. The van der Waals surface area contributed by atoms with Gasteiger partial charge in [0.2, 0.25) is 5.91 Å². The van der Waals surface area contributed by atoms with Gasteiger partial charge in [0.05, 0.1) is 11.3 Å². The van der Waals surface area contributed by atoms with Crippen molar-refractivity contribution < 1.29 is 14.3 Å². The van der Waals surface area contributed by atoms with Gasteiger partial charge in [-0.1, -0.05) is 30.8 Å². The zero-order chi connectivity index (χ0) is 29.2. The topological polar surface area (TPSA) is 90.6 Å². The van der Waals surface area contributed by atoms with Crippen LogP contribution < -0.4 is 10.2 Å². The molecule has 8 nitrogen and oxygen atoms in total. The third kappa shape index (κ3) is 5.67. The van der Waals surface area contributed by atoms with Gasteiger partial charge >= 0.3 is 5.97 Å². The maximum absolute atomic E-state index is 13.1. The lowest BCUT2D eigenvalue weighted by molar-refractivity contribution is -0.111. The van der Waals surface area contributed by atoms with Crippen LogP contribution in [0.2, 0.25) is 0 Å². The molecule has 2 aromatic carbocycles. The number of aromatic nitrogens is 2. The fourth-order valence-electron chi connectivity index (χ4n) is 5.92. The van der Waals surface area contributed by atoms with Crippen LogP contribution in [0.15, 0.2) is 67.4 Å². The Morgan fingerprint density at radius 3 is 2.45 bits per heavy atom. The number of piperazine rings is 1. The van der Waals surface area contributed by atoms with Gasteiger partial charge in [0, 0.05) is 54.7 Å². The van der Waals surface area contributed by atoms with Crippen LogP contribution in [0.5, 0.6) is 0 Å². The second kappa shape index (κ2) is 11.8. The Labute approximate surface area is 246 Å². The van der Waals surface area contributed by atoms with E-state index in [0.29, 0.717) is 16.9 Å².